The molecule has 1 fully saturated rings. The smallest absolute Gasteiger partial charge is 0.251 e. The van der Waals surface area contributed by atoms with Crippen molar-refractivity contribution in [3.05, 3.63) is 29.3 Å². The van der Waals surface area contributed by atoms with E-state index in [1.54, 1.807) is 19.1 Å². The minimum Gasteiger partial charge on any atom is -0.373 e. The summed E-state index contributed by atoms with van der Waals surface area (Å²) in [5.41, 5.74) is 1.01. The SMILES string of the molecule is CCN(CC)S(=O)(=O)c1cc(C(=O)NCCCN2C[C@@H](C)O[C@H](C)C2)ccc1C. The van der Waals surface area contributed by atoms with Crippen molar-refractivity contribution in [3.8, 4) is 0 Å². The molecule has 2 atom stereocenters. The molecule has 0 aliphatic carbocycles. The Hall–Kier alpha value is -1.48. The summed E-state index contributed by atoms with van der Waals surface area (Å²) in [6.45, 7) is 13.6. The van der Waals surface area contributed by atoms with Crippen molar-refractivity contribution < 1.29 is 17.9 Å². The number of rotatable bonds is 9. The van der Waals surface area contributed by atoms with Crippen molar-refractivity contribution >= 4 is 15.9 Å². The van der Waals surface area contributed by atoms with Crippen molar-refractivity contribution in [1.29, 1.82) is 0 Å². The van der Waals surface area contributed by atoms with Crippen LogP contribution in [0.3, 0.4) is 0 Å². The zero-order valence-corrected chi connectivity index (χ0v) is 19.1. The van der Waals surface area contributed by atoms with Crippen LogP contribution in [-0.4, -0.2) is 75.0 Å². The zero-order chi connectivity index (χ0) is 21.6. The van der Waals surface area contributed by atoms with Crippen LogP contribution < -0.4 is 5.32 Å². The third-order valence-electron chi connectivity index (χ3n) is 5.21. The number of aryl methyl sites for hydroxylation is 1. The van der Waals surface area contributed by atoms with Gasteiger partial charge in [0.15, 0.2) is 0 Å². The minimum absolute atomic E-state index is 0.199. The highest BCUT2D eigenvalue weighted by molar-refractivity contribution is 7.89. The fourth-order valence-electron chi connectivity index (χ4n) is 3.80. The Morgan fingerprint density at radius 3 is 2.41 bits per heavy atom. The molecule has 1 aromatic carbocycles. The van der Waals surface area contributed by atoms with Gasteiger partial charge >= 0.3 is 0 Å². The maximum Gasteiger partial charge on any atom is 0.251 e. The number of sulfonamides is 1. The van der Waals surface area contributed by atoms with Crippen LogP contribution in [0.2, 0.25) is 0 Å². The van der Waals surface area contributed by atoms with E-state index in [0.29, 0.717) is 30.8 Å². The van der Waals surface area contributed by atoms with Crippen LogP contribution in [0.5, 0.6) is 0 Å². The number of nitrogens with zero attached hydrogens (tertiary/aromatic N) is 2. The van der Waals surface area contributed by atoms with Crippen molar-refractivity contribution in [2.45, 2.75) is 58.1 Å². The van der Waals surface area contributed by atoms with Crippen molar-refractivity contribution in [2.24, 2.45) is 0 Å². The molecule has 1 aliphatic rings. The monoisotopic (exact) mass is 425 g/mol. The Balaban J connectivity index is 1.96. The van der Waals surface area contributed by atoms with Gasteiger partial charge in [-0.1, -0.05) is 19.9 Å². The van der Waals surface area contributed by atoms with Crippen molar-refractivity contribution in [1.82, 2.24) is 14.5 Å². The van der Waals surface area contributed by atoms with Crippen LogP contribution in [0.15, 0.2) is 23.1 Å². The Kier molecular flexibility index (Phi) is 8.63. The van der Waals surface area contributed by atoms with Gasteiger partial charge in [-0.2, -0.15) is 4.31 Å². The number of hydrogen-bond donors (Lipinski definition) is 1. The molecule has 29 heavy (non-hydrogen) atoms. The van der Waals surface area contributed by atoms with E-state index in [4.69, 9.17) is 4.74 Å². The first kappa shape index (κ1) is 23.8. The van der Waals surface area contributed by atoms with Gasteiger partial charge in [-0.15, -0.1) is 0 Å². The second kappa shape index (κ2) is 10.5. The first-order valence-corrected chi connectivity index (χ1v) is 11.9. The van der Waals surface area contributed by atoms with E-state index in [2.05, 4.69) is 24.1 Å². The van der Waals surface area contributed by atoms with Gasteiger partial charge in [-0.25, -0.2) is 8.42 Å². The predicted octanol–water partition coefficient (Wildman–Crippen LogP) is 2.25. The number of amides is 1. The Morgan fingerprint density at radius 1 is 1.21 bits per heavy atom. The maximum atomic E-state index is 12.9. The molecule has 1 amide bonds. The molecule has 164 valence electrons. The van der Waals surface area contributed by atoms with E-state index < -0.39 is 10.0 Å². The normalized spacial score (nSPS) is 20.8. The number of morpholine rings is 1. The standard InChI is InChI=1S/C21H35N3O4S/c1-6-24(7-2)29(26,27)20-13-19(10-9-16(20)3)21(25)22-11-8-12-23-14-17(4)28-18(5)15-23/h9-10,13,17-18H,6-8,11-12,14-15H2,1-5H3,(H,22,25)/t17-,18-/m1/s1. The lowest BCUT2D eigenvalue weighted by molar-refractivity contribution is -0.0680. The van der Waals surface area contributed by atoms with Crippen LogP contribution >= 0.6 is 0 Å². The first-order valence-electron chi connectivity index (χ1n) is 10.5. The van der Waals surface area contributed by atoms with Gasteiger partial charge in [0.05, 0.1) is 17.1 Å². The average molecular weight is 426 g/mol. The molecule has 8 heteroatoms. The van der Waals surface area contributed by atoms with Crippen LogP contribution in [0.25, 0.3) is 0 Å². The van der Waals surface area contributed by atoms with E-state index >= 15 is 0 Å². The molecule has 1 heterocycles. The van der Waals surface area contributed by atoms with E-state index in [1.807, 2.05) is 13.8 Å². The molecule has 0 aromatic heterocycles. The Labute approximate surface area is 175 Å². The largest absolute Gasteiger partial charge is 0.373 e. The quantitative estimate of drug-likeness (QED) is 0.614. The van der Waals surface area contributed by atoms with Crippen LogP contribution in [0.4, 0.5) is 0 Å². The van der Waals surface area contributed by atoms with Gasteiger partial charge in [-0.05, 0) is 44.9 Å². The van der Waals surface area contributed by atoms with E-state index in [0.717, 1.165) is 26.1 Å². The number of nitrogens with one attached hydrogen (secondary N) is 1. The summed E-state index contributed by atoms with van der Waals surface area (Å²) in [6.07, 6.45) is 1.29. The summed E-state index contributed by atoms with van der Waals surface area (Å²) in [5.74, 6) is -0.246. The third kappa shape index (κ3) is 6.25. The van der Waals surface area contributed by atoms with E-state index in [9.17, 15) is 13.2 Å². The summed E-state index contributed by atoms with van der Waals surface area (Å²) in [7, 11) is -3.60. The van der Waals surface area contributed by atoms with Crippen molar-refractivity contribution in [3.63, 3.8) is 0 Å². The average Bonchev–Trinajstić information content (AvgIpc) is 2.65. The summed E-state index contributed by atoms with van der Waals surface area (Å²) < 4.78 is 32.9. The molecule has 1 aliphatic heterocycles. The highest BCUT2D eigenvalue weighted by Crippen LogP contribution is 2.21. The lowest BCUT2D eigenvalue weighted by Gasteiger charge is -2.35. The fraction of sp³-hybridized carbons (Fsp3) is 0.667. The van der Waals surface area contributed by atoms with E-state index in [1.165, 1.54) is 10.4 Å². The third-order valence-corrected chi connectivity index (χ3v) is 7.40. The molecule has 2 rings (SSSR count). The summed E-state index contributed by atoms with van der Waals surface area (Å²) in [5, 5.41) is 2.91. The fourth-order valence-corrected chi connectivity index (χ4v) is 5.50. The lowest BCUT2D eigenvalue weighted by atomic mass is 10.1. The number of carbonyl (C=O) groups excluding carboxylic acids is 1. The summed E-state index contributed by atoms with van der Waals surface area (Å²) in [4.78, 5) is 15.1. The van der Waals surface area contributed by atoms with Gasteiger partial charge < -0.3 is 10.1 Å². The maximum absolute atomic E-state index is 12.9. The zero-order valence-electron chi connectivity index (χ0n) is 18.3. The summed E-state index contributed by atoms with van der Waals surface area (Å²) in [6, 6.07) is 4.86. The Bertz CT molecular complexity index is 783. The van der Waals surface area contributed by atoms with Crippen LogP contribution in [0, 0.1) is 6.92 Å². The lowest BCUT2D eigenvalue weighted by Crippen LogP contribution is -2.46. The van der Waals surface area contributed by atoms with Crippen LogP contribution in [-0.2, 0) is 14.8 Å². The topological polar surface area (TPSA) is 79.0 Å². The highest BCUT2D eigenvalue weighted by atomic mass is 32.2. The predicted molar refractivity (Wildman–Crippen MR) is 115 cm³/mol. The van der Waals surface area contributed by atoms with Gasteiger partial charge in [0, 0.05) is 44.8 Å². The molecule has 0 bridgehead atoms. The van der Waals surface area contributed by atoms with Crippen molar-refractivity contribution in [2.75, 3.05) is 39.3 Å². The molecular weight excluding hydrogens is 390 g/mol. The molecule has 1 aromatic rings. The second-order valence-corrected chi connectivity index (χ2v) is 9.60. The van der Waals surface area contributed by atoms with Gasteiger partial charge in [0.1, 0.15) is 0 Å². The van der Waals surface area contributed by atoms with Gasteiger partial charge in [-0.3, -0.25) is 9.69 Å². The Morgan fingerprint density at radius 2 is 1.83 bits per heavy atom. The molecule has 0 saturated carbocycles. The number of hydrogen-bond acceptors (Lipinski definition) is 5. The number of carbonyl (C=O) groups is 1. The molecule has 1 saturated heterocycles. The molecule has 0 radical (unpaired) electrons. The molecule has 1 N–H and O–H groups in total. The van der Waals surface area contributed by atoms with Gasteiger partial charge in [0.25, 0.3) is 5.91 Å². The molecule has 0 unspecified atom stereocenters. The molecular formula is C21H35N3O4S. The second-order valence-electron chi connectivity index (χ2n) is 7.70. The van der Waals surface area contributed by atoms with Crippen LogP contribution in [0.1, 0.15) is 50.0 Å². The molecule has 7 nitrogen and oxygen atoms in total. The molecule has 0 spiro atoms. The first-order chi connectivity index (χ1) is 13.7. The number of ether oxygens (including phenoxy) is 1. The van der Waals surface area contributed by atoms with Gasteiger partial charge in [0.2, 0.25) is 10.0 Å². The highest BCUT2D eigenvalue weighted by Gasteiger charge is 2.25. The summed E-state index contributed by atoms with van der Waals surface area (Å²) >= 11 is 0. The number of benzene rings is 1. The van der Waals surface area contributed by atoms with E-state index in [-0.39, 0.29) is 23.0 Å². The minimum atomic E-state index is -3.60.